The fraction of sp³-hybridized carbons (Fsp3) is 0.417. The smallest absolute Gasteiger partial charge is 0.241 e. The molecular formula is C12H18N2O3S. The van der Waals surface area contributed by atoms with Crippen LogP contribution in [0.3, 0.4) is 0 Å². The van der Waals surface area contributed by atoms with Crippen molar-refractivity contribution in [2.24, 2.45) is 5.73 Å². The molecule has 18 heavy (non-hydrogen) atoms. The van der Waals surface area contributed by atoms with E-state index in [-0.39, 0.29) is 10.8 Å². The number of nitrogens with one attached hydrogen (secondary N) is 1. The molecule has 0 aliphatic carbocycles. The number of anilines is 1. The lowest BCUT2D eigenvalue weighted by Crippen LogP contribution is -2.35. The van der Waals surface area contributed by atoms with E-state index >= 15 is 0 Å². The Morgan fingerprint density at radius 2 is 2.11 bits per heavy atom. The van der Waals surface area contributed by atoms with E-state index in [1.807, 2.05) is 6.92 Å². The maximum Gasteiger partial charge on any atom is 0.241 e. The number of hydrogen-bond acceptors (Lipinski definition) is 4. The minimum atomic E-state index is -3.27. The maximum atomic E-state index is 11.7. The molecule has 0 unspecified atom stereocenters. The van der Waals surface area contributed by atoms with Gasteiger partial charge in [-0.3, -0.25) is 4.79 Å². The minimum Gasteiger partial charge on any atom is -0.325 e. The number of carbonyl (C=O) groups is 1. The van der Waals surface area contributed by atoms with Crippen molar-refractivity contribution >= 4 is 21.4 Å². The quantitative estimate of drug-likeness (QED) is 0.840. The number of nitrogens with two attached hydrogens (primary N) is 1. The number of rotatable bonds is 5. The molecule has 0 radical (unpaired) electrons. The molecule has 5 nitrogen and oxygen atoms in total. The third-order valence-electron chi connectivity index (χ3n) is 2.47. The second-order valence-corrected chi connectivity index (χ2v) is 6.20. The Morgan fingerprint density at radius 3 is 2.67 bits per heavy atom. The van der Waals surface area contributed by atoms with Gasteiger partial charge in [0.15, 0.2) is 9.84 Å². The second kappa shape index (κ2) is 5.97. The molecule has 6 heteroatoms. The Labute approximate surface area is 107 Å². The number of benzene rings is 1. The van der Waals surface area contributed by atoms with Crippen LogP contribution in [0.5, 0.6) is 0 Å². The molecule has 0 heterocycles. The van der Waals surface area contributed by atoms with Crippen molar-refractivity contribution in [1.29, 1.82) is 0 Å². The summed E-state index contributed by atoms with van der Waals surface area (Å²) < 4.78 is 22.7. The molecule has 1 aromatic carbocycles. The van der Waals surface area contributed by atoms with Crippen molar-refractivity contribution in [3.63, 3.8) is 0 Å². The largest absolute Gasteiger partial charge is 0.325 e. The van der Waals surface area contributed by atoms with Gasteiger partial charge in [0.05, 0.1) is 10.9 Å². The van der Waals surface area contributed by atoms with Crippen LogP contribution in [0.25, 0.3) is 0 Å². The Bertz CT molecular complexity index is 526. The Balaban J connectivity index is 2.83. The van der Waals surface area contributed by atoms with Crippen LogP contribution >= 0.6 is 0 Å². The first-order valence-corrected chi connectivity index (χ1v) is 7.60. The second-order valence-electron chi connectivity index (χ2n) is 4.18. The zero-order valence-electron chi connectivity index (χ0n) is 10.5. The Morgan fingerprint density at radius 1 is 1.44 bits per heavy atom. The molecule has 0 spiro atoms. The first-order chi connectivity index (χ1) is 8.34. The summed E-state index contributed by atoms with van der Waals surface area (Å²) in [4.78, 5) is 11.8. The van der Waals surface area contributed by atoms with Crippen LogP contribution < -0.4 is 11.1 Å². The summed E-state index contributed by atoms with van der Waals surface area (Å²) in [5.41, 5.74) is 6.11. The highest BCUT2D eigenvalue weighted by Gasteiger charge is 2.13. The molecule has 100 valence electrons. The van der Waals surface area contributed by atoms with Crippen LogP contribution in [0.2, 0.25) is 0 Å². The van der Waals surface area contributed by atoms with Gasteiger partial charge in [-0.2, -0.15) is 0 Å². The summed E-state index contributed by atoms with van der Waals surface area (Å²) in [5, 5.41) is 2.61. The zero-order valence-corrected chi connectivity index (χ0v) is 11.3. The predicted octanol–water partition coefficient (Wildman–Crippen LogP) is 1.16. The van der Waals surface area contributed by atoms with Crippen molar-refractivity contribution in [2.45, 2.75) is 30.7 Å². The highest BCUT2D eigenvalue weighted by molar-refractivity contribution is 7.90. The highest BCUT2D eigenvalue weighted by atomic mass is 32.2. The van der Waals surface area contributed by atoms with Crippen molar-refractivity contribution in [2.75, 3.05) is 11.6 Å². The average Bonchev–Trinajstić information content (AvgIpc) is 2.28. The summed E-state index contributed by atoms with van der Waals surface area (Å²) in [7, 11) is -3.27. The lowest BCUT2D eigenvalue weighted by molar-refractivity contribution is -0.117. The fourth-order valence-corrected chi connectivity index (χ4v) is 2.15. The topological polar surface area (TPSA) is 89.3 Å². The van der Waals surface area contributed by atoms with E-state index in [1.54, 1.807) is 12.1 Å². The third kappa shape index (κ3) is 4.12. The van der Waals surface area contributed by atoms with Crippen LogP contribution in [0, 0.1) is 0 Å². The molecule has 0 aliphatic heterocycles. The van der Waals surface area contributed by atoms with Gasteiger partial charge in [0.25, 0.3) is 0 Å². The minimum absolute atomic E-state index is 0.171. The van der Waals surface area contributed by atoms with E-state index in [9.17, 15) is 13.2 Å². The van der Waals surface area contributed by atoms with Gasteiger partial charge in [-0.05, 0) is 24.6 Å². The van der Waals surface area contributed by atoms with Gasteiger partial charge >= 0.3 is 0 Å². The van der Waals surface area contributed by atoms with Crippen LogP contribution in [-0.2, 0) is 14.6 Å². The number of amides is 1. The average molecular weight is 270 g/mol. The summed E-state index contributed by atoms with van der Waals surface area (Å²) in [5.74, 6) is -0.303. The SMILES string of the molecule is CCC[C@@H](N)C(=O)Nc1cccc(S(C)(=O)=O)c1. The molecule has 1 atom stereocenters. The van der Waals surface area contributed by atoms with Gasteiger partial charge in [0.2, 0.25) is 5.91 Å². The summed E-state index contributed by atoms with van der Waals surface area (Å²) in [6.07, 6.45) is 2.53. The molecule has 0 aliphatic rings. The zero-order chi connectivity index (χ0) is 13.8. The van der Waals surface area contributed by atoms with E-state index in [0.717, 1.165) is 12.7 Å². The van der Waals surface area contributed by atoms with E-state index in [4.69, 9.17) is 5.73 Å². The third-order valence-corrected chi connectivity index (χ3v) is 3.58. The molecule has 0 fully saturated rings. The molecule has 0 saturated heterocycles. The fourth-order valence-electron chi connectivity index (χ4n) is 1.48. The monoisotopic (exact) mass is 270 g/mol. The van der Waals surface area contributed by atoms with Gasteiger partial charge in [0.1, 0.15) is 0 Å². The predicted molar refractivity (Wildman–Crippen MR) is 71.1 cm³/mol. The summed E-state index contributed by atoms with van der Waals surface area (Å²) in [6.45, 7) is 1.94. The normalized spacial score (nSPS) is 13.1. The molecule has 0 saturated carbocycles. The van der Waals surface area contributed by atoms with Crippen molar-refractivity contribution in [3.05, 3.63) is 24.3 Å². The van der Waals surface area contributed by atoms with E-state index < -0.39 is 15.9 Å². The van der Waals surface area contributed by atoms with Crippen molar-refractivity contribution < 1.29 is 13.2 Å². The summed E-state index contributed by atoms with van der Waals surface area (Å²) >= 11 is 0. The maximum absolute atomic E-state index is 11.7. The number of hydrogen-bond donors (Lipinski definition) is 2. The molecule has 0 bridgehead atoms. The van der Waals surface area contributed by atoms with Crippen molar-refractivity contribution in [1.82, 2.24) is 0 Å². The van der Waals surface area contributed by atoms with Crippen LogP contribution in [-0.4, -0.2) is 26.6 Å². The molecule has 1 aromatic rings. The molecule has 1 rings (SSSR count). The van der Waals surface area contributed by atoms with Gasteiger partial charge < -0.3 is 11.1 Å². The van der Waals surface area contributed by atoms with Gasteiger partial charge in [-0.25, -0.2) is 8.42 Å². The molecule has 3 N–H and O–H groups in total. The number of sulfone groups is 1. The first-order valence-electron chi connectivity index (χ1n) is 5.71. The van der Waals surface area contributed by atoms with Crippen LogP contribution in [0.15, 0.2) is 29.2 Å². The number of carbonyl (C=O) groups excluding carboxylic acids is 1. The Kier molecular flexibility index (Phi) is 4.86. The lowest BCUT2D eigenvalue weighted by Gasteiger charge is -2.11. The lowest BCUT2D eigenvalue weighted by atomic mass is 10.1. The molecular weight excluding hydrogens is 252 g/mol. The standard InChI is InChI=1S/C12H18N2O3S/c1-3-5-11(13)12(15)14-9-6-4-7-10(8-9)18(2,16)17/h4,6-8,11H,3,5,13H2,1-2H3,(H,14,15)/t11-/m1/s1. The van der Waals surface area contributed by atoms with Gasteiger partial charge in [-0.1, -0.05) is 19.4 Å². The molecule has 1 amide bonds. The highest BCUT2D eigenvalue weighted by Crippen LogP contribution is 2.15. The van der Waals surface area contributed by atoms with Gasteiger partial charge in [-0.15, -0.1) is 0 Å². The molecule has 0 aromatic heterocycles. The van der Waals surface area contributed by atoms with Crippen LogP contribution in [0.1, 0.15) is 19.8 Å². The van der Waals surface area contributed by atoms with Crippen LogP contribution in [0.4, 0.5) is 5.69 Å². The Hall–Kier alpha value is -1.40. The van der Waals surface area contributed by atoms with E-state index in [2.05, 4.69) is 5.32 Å². The first kappa shape index (κ1) is 14.7. The van der Waals surface area contributed by atoms with E-state index in [0.29, 0.717) is 12.1 Å². The van der Waals surface area contributed by atoms with Gasteiger partial charge in [0, 0.05) is 11.9 Å². The summed E-state index contributed by atoms with van der Waals surface area (Å²) in [6, 6.07) is 5.54. The van der Waals surface area contributed by atoms with Crippen molar-refractivity contribution in [3.8, 4) is 0 Å². The van der Waals surface area contributed by atoms with E-state index in [1.165, 1.54) is 12.1 Å².